The molecular formula is C14H16ClNO3. The highest BCUT2D eigenvalue weighted by Gasteiger charge is 2.45. The summed E-state index contributed by atoms with van der Waals surface area (Å²) >= 11 is 5.79. The number of carboxylic acids is 1. The Morgan fingerprint density at radius 3 is 2.58 bits per heavy atom. The average molecular weight is 282 g/mol. The van der Waals surface area contributed by atoms with Crippen molar-refractivity contribution in [1.29, 1.82) is 0 Å². The van der Waals surface area contributed by atoms with Gasteiger partial charge in [0, 0.05) is 11.6 Å². The van der Waals surface area contributed by atoms with Crippen LogP contribution in [0.4, 0.5) is 0 Å². The predicted octanol–water partition coefficient (Wildman–Crippen LogP) is 2.35. The Morgan fingerprint density at radius 2 is 2.00 bits per heavy atom. The minimum absolute atomic E-state index is 0.148. The molecule has 1 aliphatic rings. The lowest BCUT2D eigenvalue weighted by Gasteiger charge is -2.31. The van der Waals surface area contributed by atoms with E-state index in [2.05, 4.69) is 0 Å². The zero-order chi connectivity index (χ0) is 14.0. The normalized spacial score (nSPS) is 22.5. The molecule has 0 radical (unpaired) electrons. The number of carboxylic acid groups (broad SMARTS) is 1. The molecule has 1 heterocycles. The molecule has 1 saturated heterocycles. The maximum absolute atomic E-state index is 12.2. The molecule has 1 aromatic carbocycles. The SMILES string of the molecule is CC1(C(=O)O)CCCN1C(=O)Cc1ccc(Cl)cc1. The van der Waals surface area contributed by atoms with Crippen LogP contribution in [0.25, 0.3) is 0 Å². The first-order valence-corrected chi connectivity index (χ1v) is 6.59. The Labute approximate surface area is 117 Å². The second kappa shape index (κ2) is 5.21. The Morgan fingerprint density at radius 1 is 1.37 bits per heavy atom. The Hall–Kier alpha value is -1.55. The van der Waals surface area contributed by atoms with Crippen LogP contribution in [0.5, 0.6) is 0 Å². The van der Waals surface area contributed by atoms with Gasteiger partial charge < -0.3 is 10.0 Å². The molecule has 4 nitrogen and oxygen atoms in total. The number of nitrogens with zero attached hydrogens (tertiary/aromatic N) is 1. The van der Waals surface area contributed by atoms with Crippen molar-refractivity contribution < 1.29 is 14.7 Å². The van der Waals surface area contributed by atoms with Gasteiger partial charge in [-0.2, -0.15) is 0 Å². The fraction of sp³-hybridized carbons (Fsp3) is 0.429. The van der Waals surface area contributed by atoms with E-state index in [1.807, 2.05) is 0 Å². The van der Waals surface area contributed by atoms with Gasteiger partial charge in [-0.05, 0) is 37.5 Å². The molecule has 1 aromatic rings. The smallest absolute Gasteiger partial charge is 0.329 e. The van der Waals surface area contributed by atoms with Crippen LogP contribution in [0.2, 0.25) is 5.02 Å². The zero-order valence-corrected chi connectivity index (χ0v) is 11.5. The summed E-state index contributed by atoms with van der Waals surface area (Å²) in [5.41, 5.74) is -0.224. The number of benzene rings is 1. The van der Waals surface area contributed by atoms with Gasteiger partial charge in [-0.15, -0.1) is 0 Å². The van der Waals surface area contributed by atoms with E-state index in [4.69, 9.17) is 11.6 Å². The summed E-state index contributed by atoms with van der Waals surface area (Å²) in [7, 11) is 0. The Kier molecular flexibility index (Phi) is 3.80. The summed E-state index contributed by atoms with van der Waals surface area (Å²) in [6, 6.07) is 7.03. The van der Waals surface area contributed by atoms with Gasteiger partial charge in [0.05, 0.1) is 6.42 Å². The number of hydrogen-bond acceptors (Lipinski definition) is 2. The number of carbonyl (C=O) groups is 2. The molecule has 0 bridgehead atoms. The summed E-state index contributed by atoms with van der Waals surface area (Å²) < 4.78 is 0. The third-order valence-electron chi connectivity index (χ3n) is 3.67. The molecule has 0 spiro atoms. The molecule has 0 aliphatic carbocycles. The Balaban J connectivity index is 2.11. The van der Waals surface area contributed by atoms with Crippen LogP contribution in [0, 0.1) is 0 Å². The van der Waals surface area contributed by atoms with Crippen molar-refractivity contribution >= 4 is 23.5 Å². The summed E-state index contributed by atoms with van der Waals surface area (Å²) in [6.45, 7) is 2.12. The lowest BCUT2D eigenvalue weighted by molar-refractivity contribution is -0.155. The molecule has 102 valence electrons. The van der Waals surface area contributed by atoms with Crippen molar-refractivity contribution in [2.24, 2.45) is 0 Å². The van der Waals surface area contributed by atoms with Gasteiger partial charge in [0.1, 0.15) is 5.54 Å². The van der Waals surface area contributed by atoms with Crippen LogP contribution in [0.3, 0.4) is 0 Å². The molecule has 1 amide bonds. The summed E-state index contributed by atoms with van der Waals surface area (Å²) in [5.74, 6) is -1.08. The van der Waals surface area contributed by atoms with E-state index in [0.717, 1.165) is 12.0 Å². The van der Waals surface area contributed by atoms with E-state index >= 15 is 0 Å². The maximum Gasteiger partial charge on any atom is 0.329 e. The van der Waals surface area contributed by atoms with E-state index in [0.29, 0.717) is 18.0 Å². The largest absolute Gasteiger partial charge is 0.480 e. The first kappa shape index (κ1) is 13.9. The average Bonchev–Trinajstić information content (AvgIpc) is 2.76. The van der Waals surface area contributed by atoms with Gasteiger partial charge in [-0.1, -0.05) is 23.7 Å². The van der Waals surface area contributed by atoms with Gasteiger partial charge in [0.15, 0.2) is 0 Å². The van der Waals surface area contributed by atoms with Crippen molar-refractivity contribution in [2.45, 2.75) is 31.7 Å². The number of rotatable bonds is 3. The van der Waals surface area contributed by atoms with Crippen LogP contribution in [-0.2, 0) is 16.0 Å². The molecule has 1 aliphatic heterocycles. The molecule has 5 heteroatoms. The minimum atomic E-state index is -1.07. The van der Waals surface area contributed by atoms with E-state index in [1.54, 1.807) is 31.2 Å². The number of aliphatic carboxylic acids is 1. The van der Waals surface area contributed by atoms with Gasteiger partial charge in [0.2, 0.25) is 5.91 Å². The number of carbonyl (C=O) groups excluding carboxylic acids is 1. The van der Waals surface area contributed by atoms with E-state index < -0.39 is 11.5 Å². The van der Waals surface area contributed by atoms with Crippen LogP contribution in [0.15, 0.2) is 24.3 Å². The standard InChI is InChI=1S/C14H16ClNO3/c1-14(13(18)19)7-2-8-16(14)12(17)9-10-3-5-11(15)6-4-10/h3-6H,2,7-9H2,1H3,(H,18,19). The third kappa shape index (κ3) is 2.73. The van der Waals surface area contributed by atoms with Crippen molar-refractivity contribution in [3.8, 4) is 0 Å². The summed E-state index contributed by atoms with van der Waals surface area (Å²) in [4.78, 5) is 25.0. The molecule has 1 N–H and O–H groups in total. The highest BCUT2D eigenvalue weighted by Crippen LogP contribution is 2.29. The zero-order valence-electron chi connectivity index (χ0n) is 10.7. The fourth-order valence-corrected chi connectivity index (χ4v) is 2.58. The van der Waals surface area contributed by atoms with Crippen molar-refractivity contribution in [3.63, 3.8) is 0 Å². The first-order valence-electron chi connectivity index (χ1n) is 6.22. The predicted molar refractivity (Wildman–Crippen MR) is 72.1 cm³/mol. The summed E-state index contributed by atoms with van der Waals surface area (Å²) in [6.07, 6.45) is 1.45. The van der Waals surface area contributed by atoms with E-state index in [9.17, 15) is 14.7 Å². The maximum atomic E-state index is 12.2. The van der Waals surface area contributed by atoms with E-state index in [-0.39, 0.29) is 12.3 Å². The Bertz CT molecular complexity index is 500. The molecule has 0 saturated carbocycles. The van der Waals surface area contributed by atoms with Crippen molar-refractivity contribution in [2.75, 3.05) is 6.54 Å². The van der Waals surface area contributed by atoms with Crippen LogP contribution < -0.4 is 0 Å². The first-order chi connectivity index (χ1) is 8.93. The fourth-order valence-electron chi connectivity index (χ4n) is 2.46. The van der Waals surface area contributed by atoms with Crippen molar-refractivity contribution in [1.82, 2.24) is 4.90 Å². The molecule has 2 rings (SSSR count). The second-order valence-corrected chi connectivity index (χ2v) is 5.47. The lowest BCUT2D eigenvalue weighted by Crippen LogP contribution is -2.51. The minimum Gasteiger partial charge on any atom is -0.480 e. The van der Waals surface area contributed by atoms with Gasteiger partial charge in [-0.25, -0.2) is 4.79 Å². The highest BCUT2D eigenvalue weighted by molar-refractivity contribution is 6.30. The lowest BCUT2D eigenvalue weighted by atomic mass is 9.98. The molecule has 1 atom stereocenters. The summed E-state index contributed by atoms with van der Waals surface area (Å²) in [5, 5.41) is 9.90. The molecule has 1 fully saturated rings. The van der Waals surface area contributed by atoms with Crippen LogP contribution in [-0.4, -0.2) is 34.0 Å². The van der Waals surface area contributed by atoms with Crippen molar-refractivity contribution in [3.05, 3.63) is 34.9 Å². The monoisotopic (exact) mass is 281 g/mol. The third-order valence-corrected chi connectivity index (χ3v) is 3.92. The highest BCUT2D eigenvalue weighted by atomic mass is 35.5. The number of hydrogen-bond donors (Lipinski definition) is 1. The van der Waals surface area contributed by atoms with Gasteiger partial charge >= 0.3 is 5.97 Å². The molecular weight excluding hydrogens is 266 g/mol. The molecule has 0 aromatic heterocycles. The molecule has 19 heavy (non-hydrogen) atoms. The number of halogens is 1. The van der Waals surface area contributed by atoms with Gasteiger partial charge in [0.25, 0.3) is 0 Å². The van der Waals surface area contributed by atoms with Gasteiger partial charge in [-0.3, -0.25) is 4.79 Å². The quantitative estimate of drug-likeness (QED) is 0.925. The van der Waals surface area contributed by atoms with E-state index in [1.165, 1.54) is 4.90 Å². The number of likely N-dealkylation sites (tertiary alicyclic amines) is 1. The second-order valence-electron chi connectivity index (χ2n) is 5.03. The molecule has 1 unspecified atom stereocenters. The van der Waals surface area contributed by atoms with Crippen LogP contribution in [0.1, 0.15) is 25.3 Å². The van der Waals surface area contributed by atoms with Crippen LogP contribution >= 0.6 is 11.6 Å². The topological polar surface area (TPSA) is 57.6 Å². The number of amides is 1.